The highest BCUT2D eigenvalue weighted by Crippen LogP contribution is 2.59. The van der Waals surface area contributed by atoms with Gasteiger partial charge in [0.25, 0.3) is 0 Å². The summed E-state index contributed by atoms with van der Waals surface area (Å²) in [4.78, 5) is 15.3. The molecule has 29 heavy (non-hydrogen) atoms. The lowest BCUT2D eigenvalue weighted by atomic mass is 9.92. The molecule has 2 aromatic rings. The van der Waals surface area contributed by atoms with Crippen LogP contribution < -0.4 is 5.32 Å². The van der Waals surface area contributed by atoms with Crippen molar-refractivity contribution in [3.63, 3.8) is 0 Å². The van der Waals surface area contributed by atoms with E-state index in [1.807, 2.05) is 0 Å². The van der Waals surface area contributed by atoms with Gasteiger partial charge in [-0.3, -0.25) is 0 Å². The number of nitrogens with zero attached hydrogens (tertiary/aromatic N) is 2. The first-order valence-electron chi connectivity index (χ1n) is 9.20. The molecule has 2 N–H and O–H groups in total. The number of rotatable bonds is 3. The number of carbonyl (C=O) groups is 1. The fourth-order valence-corrected chi connectivity index (χ4v) is 4.28. The standard InChI is InChI=1S/C19H18F5N3O2/c20-11-2-1-3-12(21)15(11)10-4-5-13(26-17(28)29)16-25-8-14(27(16)9-10)18(6-7-18)19(22,23)24/h1-3,8,10,13,26H,4-7,9H2,(H,28,29)/t10-,13-/m1/s1. The van der Waals surface area contributed by atoms with Crippen LogP contribution in [0, 0.1) is 11.6 Å². The maximum atomic E-state index is 14.4. The predicted octanol–water partition coefficient (Wildman–Crippen LogP) is 4.64. The van der Waals surface area contributed by atoms with Crippen LogP contribution in [0.4, 0.5) is 26.7 Å². The summed E-state index contributed by atoms with van der Waals surface area (Å²) in [6.45, 7) is -0.113. The van der Waals surface area contributed by atoms with Crippen molar-refractivity contribution in [2.45, 2.75) is 55.8 Å². The molecule has 4 rings (SSSR count). The Balaban J connectivity index is 1.81. The number of imidazole rings is 1. The van der Waals surface area contributed by atoms with E-state index in [4.69, 9.17) is 5.11 Å². The zero-order valence-corrected chi connectivity index (χ0v) is 15.1. The Labute approximate surface area is 162 Å². The molecule has 156 valence electrons. The summed E-state index contributed by atoms with van der Waals surface area (Å²) < 4.78 is 71.2. The molecule has 0 spiro atoms. The van der Waals surface area contributed by atoms with Gasteiger partial charge >= 0.3 is 12.3 Å². The van der Waals surface area contributed by atoms with Gasteiger partial charge in [-0.25, -0.2) is 18.6 Å². The molecule has 1 aliphatic carbocycles. The second kappa shape index (κ2) is 6.70. The molecule has 1 aliphatic heterocycles. The Morgan fingerprint density at radius 1 is 1.21 bits per heavy atom. The molecule has 10 heteroatoms. The highest BCUT2D eigenvalue weighted by Gasteiger charge is 2.66. The van der Waals surface area contributed by atoms with Gasteiger partial charge in [-0.15, -0.1) is 0 Å². The SMILES string of the molecule is O=C(O)N[C@@H]1CC[C@@H](c2c(F)cccc2F)Cn2c(C3(C(F)(F)F)CC3)cnc21. The van der Waals surface area contributed by atoms with Crippen molar-refractivity contribution in [1.29, 1.82) is 0 Å². The molecule has 2 aliphatic rings. The third-order valence-corrected chi connectivity index (χ3v) is 5.89. The van der Waals surface area contributed by atoms with E-state index >= 15 is 0 Å². The molecular formula is C19H18F5N3O2. The van der Waals surface area contributed by atoms with E-state index in [2.05, 4.69) is 10.3 Å². The van der Waals surface area contributed by atoms with E-state index in [1.54, 1.807) is 0 Å². The molecule has 0 bridgehead atoms. The van der Waals surface area contributed by atoms with Gasteiger partial charge in [0.1, 0.15) is 22.9 Å². The molecule has 2 heterocycles. The van der Waals surface area contributed by atoms with E-state index in [0.29, 0.717) is 0 Å². The van der Waals surface area contributed by atoms with Crippen LogP contribution in [-0.4, -0.2) is 26.9 Å². The van der Waals surface area contributed by atoms with Crippen LogP contribution >= 0.6 is 0 Å². The van der Waals surface area contributed by atoms with Crippen molar-refractivity contribution >= 4 is 6.09 Å². The first kappa shape index (κ1) is 19.7. The van der Waals surface area contributed by atoms with Gasteiger partial charge in [-0.1, -0.05) is 6.07 Å². The minimum absolute atomic E-state index is 0.0826. The molecule has 0 radical (unpaired) electrons. The summed E-state index contributed by atoms with van der Waals surface area (Å²) in [7, 11) is 0. The predicted molar refractivity (Wildman–Crippen MR) is 91.4 cm³/mol. The molecule has 1 saturated carbocycles. The smallest absolute Gasteiger partial charge is 0.405 e. The van der Waals surface area contributed by atoms with Gasteiger partial charge in [0, 0.05) is 24.2 Å². The summed E-state index contributed by atoms with van der Waals surface area (Å²) in [5.74, 6) is -2.18. The van der Waals surface area contributed by atoms with Crippen LogP contribution in [0.1, 0.15) is 54.7 Å². The number of halogens is 5. The molecule has 1 aromatic heterocycles. The Morgan fingerprint density at radius 3 is 2.41 bits per heavy atom. The summed E-state index contributed by atoms with van der Waals surface area (Å²) in [5.41, 5.74) is -2.33. The first-order chi connectivity index (χ1) is 13.6. The molecule has 0 saturated heterocycles. The number of benzene rings is 1. The maximum Gasteiger partial charge on any atom is 0.405 e. The zero-order valence-electron chi connectivity index (χ0n) is 15.1. The lowest BCUT2D eigenvalue weighted by molar-refractivity contribution is -0.162. The molecule has 1 amide bonds. The summed E-state index contributed by atoms with van der Waals surface area (Å²) in [5, 5.41) is 11.4. The summed E-state index contributed by atoms with van der Waals surface area (Å²) in [6.07, 6.45) is -4.59. The Hall–Kier alpha value is -2.65. The number of alkyl halides is 3. The second-order valence-corrected chi connectivity index (χ2v) is 7.60. The zero-order chi connectivity index (χ0) is 21.0. The fraction of sp³-hybridized carbons (Fsp3) is 0.474. The van der Waals surface area contributed by atoms with Gasteiger partial charge in [-0.2, -0.15) is 13.2 Å². The lowest BCUT2D eigenvalue weighted by Crippen LogP contribution is -2.33. The van der Waals surface area contributed by atoms with Gasteiger partial charge in [0.05, 0.1) is 11.7 Å². The third kappa shape index (κ3) is 3.24. The second-order valence-electron chi connectivity index (χ2n) is 7.60. The highest BCUT2D eigenvalue weighted by atomic mass is 19.4. The first-order valence-corrected chi connectivity index (χ1v) is 9.20. The number of aromatic nitrogens is 2. The van der Waals surface area contributed by atoms with E-state index in [9.17, 15) is 26.7 Å². The van der Waals surface area contributed by atoms with Gasteiger partial charge < -0.3 is 15.0 Å². The monoisotopic (exact) mass is 415 g/mol. The normalized spacial score (nSPS) is 23.2. The van der Waals surface area contributed by atoms with E-state index in [0.717, 1.165) is 18.3 Å². The number of fused-ring (bicyclic) bond motifs is 1. The summed E-state index contributed by atoms with van der Waals surface area (Å²) >= 11 is 0. The molecule has 1 fully saturated rings. The lowest BCUT2D eigenvalue weighted by Gasteiger charge is -2.24. The van der Waals surface area contributed by atoms with Crippen LogP contribution in [0.5, 0.6) is 0 Å². The van der Waals surface area contributed by atoms with Crippen LogP contribution in [-0.2, 0) is 12.0 Å². The van der Waals surface area contributed by atoms with Gasteiger partial charge in [-0.05, 0) is 37.8 Å². The Bertz CT molecular complexity index is 932. The maximum absolute atomic E-state index is 14.4. The number of hydrogen-bond donors (Lipinski definition) is 2. The van der Waals surface area contributed by atoms with Crippen LogP contribution in [0.2, 0.25) is 0 Å². The number of amides is 1. The fourth-order valence-electron chi connectivity index (χ4n) is 4.28. The largest absolute Gasteiger partial charge is 0.465 e. The van der Waals surface area contributed by atoms with Crippen molar-refractivity contribution in [2.24, 2.45) is 0 Å². The van der Waals surface area contributed by atoms with E-state index in [1.165, 1.54) is 10.6 Å². The average molecular weight is 415 g/mol. The Morgan fingerprint density at radius 2 is 1.86 bits per heavy atom. The molecule has 2 atom stereocenters. The van der Waals surface area contributed by atoms with Crippen molar-refractivity contribution < 1.29 is 31.9 Å². The quantitative estimate of drug-likeness (QED) is 0.718. The van der Waals surface area contributed by atoms with Crippen LogP contribution in [0.15, 0.2) is 24.4 Å². The molecular weight excluding hydrogens is 397 g/mol. The molecule has 1 aromatic carbocycles. The average Bonchev–Trinajstić information content (AvgIpc) is 3.36. The van der Waals surface area contributed by atoms with E-state index < -0.39 is 41.3 Å². The topological polar surface area (TPSA) is 67.2 Å². The van der Waals surface area contributed by atoms with Gasteiger partial charge in [0.15, 0.2) is 0 Å². The Kier molecular flexibility index (Phi) is 4.54. The molecule has 0 unspecified atom stereocenters. The molecule has 5 nitrogen and oxygen atoms in total. The third-order valence-electron chi connectivity index (χ3n) is 5.89. The highest BCUT2D eigenvalue weighted by molar-refractivity contribution is 5.65. The van der Waals surface area contributed by atoms with Crippen molar-refractivity contribution in [3.8, 4) is 0 Å². The van der Waals surface area contributed by atoms with Crippen molar-refractivity contribution in [2.75, 3.05) is 0 Å². The number of carboxylic acid groups (broad SMARTS) is 1. The number of nitrogens with one attached hydrogen (secondary N) is 1. The summed E-state index contributed by atoms with van der Waals surface area (Å²) in [6, 6.07) is 2.55. The van der Waals surface area contributed by atoms with Crippen LogP contribution in [0.3, 0.4) is 0 Å². The van der Waals surface area contributed by atoms with Crippen molar-refractivity contribution in [3.05, 3.63) is 53.1 Å². The minimum Gasteiger partial charge on any atom is -0.465 e. The van der Waals surface area contributed by atoms with Gasteiger partial charge in [0.2, 0.25) is 0 Å². The number of hydrogen-bond acceptors (Lipinski definition) is 2. The van der Waals surface area contributed by atoms with Crippen LogP contribution in [0.25, 0.3) is 0 Å². The van der Waals surface area contributed by atoms with E-state index in [-0.39, 0.29) is 49.3 Å². The minimum atomic E-state index is -4.50. The van der Waals surface area contributed by atoms with Crippen molar-refractivity contribution in [1.82, 2.24) is 14.9 Å².